The van der Waals surface area contributed by atoms with Crippen molar-refractivity contribution in [3.63, 3.8) is 0 Å². The molecule has 0 saturated carbocycles. The maximum Gasteiger partial charge on any atom is 0.432 e. The highest BCUT2D eigenvalue weighted by atomic mass is 19.3. The van der Waals surface area contributed by atoms with E-state index >= 15 is 4.39 Å². The summed E-state index contributed by atoms with van der Waals surface area (Å²) in [6.07, 6.45) is -3.22. The minimum absolute atomic E-state index is 0.0983. The van der Waals surface area contributed by atoms with Crippen LogP contribution in [0, 0.1) is 40.8 Å². The maximum absolute atomic E-state index is 15.1. The third kappa shape index (κ3) is 6.52. The number of hydrogen-bond donors (Lipinski definition) is 0. The lowest BCUT2D eigenvalue weighted by Crippen LogP contribution is -2.26. The largest absolute Gasteiger partial charge is 0.432 e. The Hall–Kier alpha value is -3.96. The van der Waals surface area contributed by atoms with Gasteiger partial charge in [0.05, 0.1) is 13.2 Å². The molecule has 5 rings (SSSR count). The van der Waals surface area contributed by atoms with E-state index in [1.165, 1.54) is 12.1 Å². The van der Waals surface area contributed by atoms with Crippen molar-refractivity contribution < 1.29 is 49.3 Å². The fraction of sp³-hybridized carbons (Fsp3) is 0.250. The zero-order valence-electron chi connectivity index (χ0n) is 22.6. The van der Waals surface area contributed by atoms with Gasteiger partial charge in [0.1, 0.15) is 28.8 Å². The summed E-state index contributed by atoms with van der Waals surface area (Å²) in [4.78, 5) is 0. The summed E-state index contributed by atoms with van der Waals surface area (Å²) in [5.41, 5.74) is -0.685. The molecule has 1 aliphatic heterocycles. The molecular formula is C32H24F8O3. The van der Waals surface area contributed by atoms with Crippen LogP contribution in [0.1, 0.15) is 37.2 Å². The quantitative estimate of drug-likeness (QED) is 0.147. The van der Waals surface area contributed by atoms with Crippen LogP contribution in [0.15, 0.2) is 66.7 Å². The predicted molar refractivity (Wildman–Crippen MR) is 141 cm³/mol. The molecule has 0 radical (unpaired) electrons. The molecule has 11 heteroatoms. The molecule has 226 valence electrons. The van der Waals surface area contributed by atoms with Crippen LogP contribution in [0.5, 0.6) is 5.75 Å². The summed E-state index contributed by atoms with van der Waals surface area (Å²) >= 11 is 0. The number of ether oxygens (including phenoxy) is 3. The molecular weight excluding hydrogens is 584 g/mol. The van der Waals surface area contributed by atoms with Crippen LogP contribution >= 0.6 is 0 Å². The summed E-state index contributed by atoms with van der Waals surface area (Å²) in [5.74, 6) is -11.0. The standard InChI is InChI=1S/C32H24F8O3/c1-2-3-17-15-41-31(42-16-17)19-6-4-18(5-7-19)20-8-9-23(24(33)10-20)21-11-25(34)29(26(35)12-21)32(39,40)43-22-13-27(36)30(38)28(37)14-22/h4-14,17,31H,2-3,15-16H2,1H3. The lowest BCUT2D eigenvalue weighted by atomic mass is 9.97. The molecule has 4 aromatic carbocycles. The van der Waals surface area contributed by atoms with Gasteiger partial charge < -0.3 is 14.2 Å². The second-order valence-corrected chi connectivity index (χ2v) is 10.1. The summed E-state index contributed by atoms with van der Waals surface area (Å²) in [6.45, 7) is 3.28. The number of hydrogen-bond acceptors (Lipinski definition) is 3. The zero-order chi connectivity index (χ0) is 30.9. The van der Waals surface area contributed by atoms with E-state index in [2.05, 4.69) is 11.7 Å². The molecule has 1 fully saturated rings. The van der Waals surface area contributed by atoms with E-state index in [9.17, 15) is 30.7 Å². The van der Waals surface area contributed by atoms with Crippen molar-refractivity contribution in [3.8, 4) is 28.0 Å². The molecule has 1 heterocycles. The third-order valence-corrected chi connectivity index (χ3v) is 7.00. The summed E-state index contributed by atoms with van der Waals surface area (Å²) in [7, 11) is 0. The molecule has 0 unspecified atom stereocenters. The van der Waals surface area contributed by atoms with Crippen molar-refractivity contribution in [2.45, 2.75) is 32.2 Å². The van der Waals surface area contributed by atoms with Gasteiger partial charge in [0, 0.05) is 29.2 Å². The van der Waals surface area contributed by atoms with Gasteiger partial charge in [-0.25, -0.2) is 26.3 Å². The zero-order valence-corrected chi connectivity index (χ0v) is 22.6. The minimum atomic E-state index is -4.76. The highest BCUT2D eigenvalue weighted by Crippen LogP contribution is 2.38. The van der Waals surface area contributed by atoms with Gasteiger partial charge in [0.2, 0.25) is 0 Å². The Morgan fingerprint density at radius 1 is 0.698 bits per heavy atom. The summed E-state index contributed by atoms with van der Waals surface area (Å²) in [5, 5.41) is 0. The number of rotatable bonds is 8. The Labute approximate surface area is 241 Å². The van der Waals surface area contributed by atoms with E-state index in [1.54, 1.807) is 24.3 Å². The van der Waals surface area contributed by atoms with Crippen molar-refractivity contribution in [3.05, 3.63) is 113 Å². The van der Waals surface area contributed by atoms with Gasteiger partial charge >= 0.3 is 6.11 Å². The summed E-state index contributed by atoms with van der Waals surface area (Å²) < 4.78 is 130. The van der Waals surface area contributed by atoms with Crippen LogP contribution in [0.3, 0.4) is 0 Å². The van der Waals surface area contributed by atoms with Gasteiger partial charge in [0.15, 0.2) is 23.7 Å². The van der Waals surface area contributed by atoms with Crippen LogP contribution in [-0.2, 0) is 15.6 Å². The Morgan fingerprint density at radius 2 is 1.26 bits per heavy atom. The van der Waals surface area contributed by atoms with Gasteiger partial charge in [0.25, 0.3) is 0 Å². The van der Waals surface area contributed by atoms with Gasteiger partial charge in [-0.3, -0.25) is 0 Å². The molecule has 0 atom stereocenters. The molecule has 0 amide bonds. The van der Waals surface area contributed by atoms with Gasteiger partial charge in [-0.15, -0.1) is 0 Å². The maximum atomic E-state index is 15.1. The van der Waals surface area contributed by atoms with Crippen molar-refractivity contribution in [1.82, 2.24) is 0 Å². The highest BCUT2D eigenvalue weighted by molar-refractivity contribution is 5.71. The van der Waals surface area contributed by atoms with E-state index in [1.807, 2.05) is 0 Å². The molecule has 43 heavy (non-hydrogen) atoms. The lowest BCUT2D eigenvalue weighted by molar-refractivity contribution is -0.206. The molecule has 1 saturated heterocycles. The van der Waals surface area contributed by atoms with Crippen LogP contribution in [-0.4, -0.2) is 13.2 Å². The smallest absolute Gasteiger partial charge is 0.429 e. The fourth-order valence-corrected chi connectivity index (χ4v) is 4.87. The average Bonchev–Trinajstić information content (AvgIpc) is 2.95. The normalized spacial score (nSPS) is 17.2. The highest BCUT2D eigenvalue weighted by Gasteiger charge is 2.41. The number of halogens is 8. The van der Waals surface area contributed by atoms with Crippen molar-refractivity contribution >= 4 is 0 Å². The molecule has 0 bridgehead atoms. The first-order chi connectivity index (χ1) is 20.5. The van der Waals surface area contributed by atoms with Crippen LogP contribution in [0.2, 0.25) is 0 Å². The fourth-order valence-electron chi connectivity index (χ4n) is 4.87. The van der Waals surface area contributed by atoms with E-state index in [0.717, 1.165) is 24.5 Å². The lowest BCUT2D eigenvalue weighted by Gasteiger charge is -2.29. The van der Waals surface area contributed by atoms with E-state index in [0.29, 0.717) is 42.4 Å². The van der Waals surface area contributed by atoms with Crippen molar-refractivity contribution in [1.29, 1.82) is 0 Å². The Balaban J connectivity index is 1.34. The first-order valence-electron chi connectivity index (χ1n) is 13.3. The van der Waals surface area contributed by atoms with Gasteiger partial charge in [-0.1, -0.05) is 49.7 Å². The first-order valence-corrected chi connectivity index (χ1v) is 13.3. The predicted octanol–water partition coefficient (Wildman–Crippen LogP) is 9.45. The van der Waals surface area contributed by atoms with Crippen molar-refractivity contribution in [2.75, 3.05) is 13.2 Å². The molecule has 1 aliphatic rings. The molecule has 0 aromatic heterocycles. The monoisotopic (exact) mass is 608 g/mol. The topological polar surface area (TPSA) is 27.7 Å². The van der Waals surface area contributed by atoms with E-state index in [-0.39, 0.29) is 23.3 Å². The minimum Gasteiger partial charge on any atom is -0.429 e. The van der Waals surface area contributed by atoms with Gasteiger partial charge in [-0.2, -0.15) is 8.78 Å². The average molecular weight is 609 g/mol. The Kier molecular flexibility index (Phi) is 8.75. The third-order valence-electron chi connectivity index (χ3n) is 7.00. The molecule has 4 aromatic rings. The molecule has 3 nitrogen and oxygen atoms in total. The first kappa shape index (κ1) is 30.5. The molecule has 0 aliphatic carbocycles. The van der Waals surface area contributed by atoms with Crippen LogP contribution < -0.4 is 4.74 Å². The van der Waals surface area contributed by atoms with Crippen LogP contribution in [0.25, 0.3) is 22.3 Å². The molecule has 0 N–H and O–H groups in total. The van der Waals surface area contributed by atoms with Gasteiger partial charge in [-0.05, 0) is 41.3 Å². The Morgan fingerprint density at radius 3 is 1.81 bits per heavy atom. The summed E-state index contributed by atoms with van der Waals surface area (Å²) in [6, 6.07) is 12.1. The SMILES string of the molecule is CCCC1COC(c2ccc(-c3ccc(-c4cc(F)c(C(F)(F)Oc5cc(F)c(F)c(F)c5)c(F)c4)c(F)c3)cc2)OC1. The van der Waals surface area contributed by atoms with Crippen molar-refractivity contribution in [2.24, 2.45) is 5.92 Å². The second-order valence-electron chi connectivity index (χ2n) is 10.1. The van der Waals surface area contributed by atoms with Crippen LogP contribution in [0.4, 0.5) is 35.1 Å². The van der Waals surface area contributed by atoms with E-state index in [4.69, 9.17) is 9.47 Å². The number of alkyl halides is 2. The number of benzene rings is 4. The van der Waals surface area contributed by atoms with E-state index < -0.39 is 58.6 Å². The second kappa shape index (κ2) is 12.3. The molecule has 0 spiro atoms. The Bertz CT molecular complexity index is 1570.